The van der Waals surface area contributed by atoms with E-state index in [1.54, 1.807) is 23.9 Å². The van der Waals surface area contributed by atoms with Gasteiger partial charge in [-0.15, -0.1) is 11.8 Å². The fourth-order valence-corrected chi connectivity index (χ4v) is 4.65. The van der Waals surface area contributed by atoms with Crippen LogP contribution >= 0.6 is 11.8 Å². The van der Waals surface area contributed by atoms with Gasteiger partial charge in [-0.3, -0.25) is 4.57 Å². The Kier molecular flexibility index (Phi) is 4.90. The van der Waals surface area contributed by atoms with E-state index in [1.807, 2.05) is 4.57 Å². The molecule has 1 aliphatic carbocycles. The summed E-state index contributed by atoms with van der Waals surface area (Å²) in [5, 5.41) is 0.838. The molecule has 0 N–H and O–H groups in total. The maximum atomic E-state index is 13.0. The minimum atomic E-state index is -0.232. The number of fused-ring (bicyclic) bond motifs is 1. The molecule has 4 nitrogen and oxygen atoms in total. The highest BCUT2D eigenvalue weighted by molar-refractivity contribution is 7.98. The Bertz CT molecular complexity index is 813. The van der Waals surface area contributed by atoms with E-state index in [-0.39, 0.29) is 17.6 Å². The first-order valence-corrected chi connectivity index (χ1v) is 9.81. The van der Waals surface area contributed by atoms with Crippen LogP contribution in [0, 0.1) is 5.82 Å². The molecule has 0 radical (unpaired) electrons. The first-order valence-electron chi connectivity index (χ1n) is 8.82. The van der Waals surface area contributed by atoms with E-state index in [0.717, 1.165) is 55.0 Å². The van der Waals surface area contributed by atoms with E-state index in [1.165, 1.54) is 17.7 Å². The summed E-state index contributed by atoms with van der Waals surface area (Å²) in [6.07, 6.45) is 5.20. The zero-order valence-electron chi connectivity index (χ0n) is 14.0. The SMILES string of the molecule is O=c1nc(SCc2ccc(F)cc2)c2c(n1C[C@@H]1CCCO1)CCC2. The lowest BCUT2D eigenvalue weighted by Crippen LogP contribution is -2.31. The number of halogens is 1. The van der Waals surface area contributed by atoms with Gasteiger partial charge in [0, 0.05) is 23.6 Å². The summed E-state index contributed by atoms with van der Waals surface area (Å²) in [6, 6.07) is 6.49. The van der Waals surface area contributed by atoms with Gasteiger partial charge in [-0.25, -0.2) is 9.18 Å². The minimum Gasteiger partial charge on any atom is -0.376 e. The number of ether oxygens (including phenoxy) is 1. The highest BCUT2D eigenvalue weighted by Gasteiger charge is 2.25. The third kappa shape index (κ3) is 3.65. The maximum Gasteiger partial charge on any atom is 0.348 e. The number of aromatic nitrogens is 2. The van der Waals surface area contributed by atoms with Gasteiger partial charge in [0.05, 0.1) is 12.6 Å². The molecule has 0 bridgehead atoms. The molecule has 2 heterocycles. The summed E-state index contributed by atoms with van der Waals surface area (Å²) in [5.41, 5.74) is 3.21. The van der Waals surface area contributed by atoms with Crippen molar-refractivity contribution in [2.45, 2.75) is 55.5 Å². The van der Waals surface area contributed by atoms with E-state index in [4.69, 9.17) is 4.74 Å². The van der Waals surface area contributed by atoms with Crippen LogP contribution < -0.4 is 5.69 Å². The largest absolute Gasteiger partial charge is 0.376 e. The third-order valence-electron chi connectivity index (χ3n) is 4.90. The second kappa shape index (κ2) is 7.30. The van der Waals surface area contributed by atoms with Crippen molar-refractivity contribution in [2.75, 3.05) is 6.61 Å². The van der Waals surface area contributed by atoms with Gasteiger partial charge in [0.25, 0.3) is 0 Å². The summed E-state index contributed by atoms with van der Waals surface area (Å²) >= 11 is 1.57. The lowest BCUT2D eigenvalue weighted by Gasteiger charge is -2.17. The molecule has 1 atom stereocenters. The molecule has 6 heteroatoms. The van der Waals surface area contributed by atoms with Crippen molar-refractivity contribution in [3.8, 4) is 0 Å². The predicted molar refractivity (Wildman–Crippen MR) is 95.5 cm³/mol. The molecule has 1 aliphatic heterocycles. The third-order valence-corrected chi connectivity index (χ3v) is 5.99. The van der Waals surface area contributed by atoms with Crippen LogP contribution in [0.4, 0.5) is 4.39 Å². The number of nitrogens with zero attached hydrogens (tertiary/aromatic N) is 2. The second-order valence-corrected chi connectivity index (χ2v) is 7.60. The van der Waals surface area contributed by atoms with Gasteiger partial charge in [-0.05, 0) is 49.8 Å². The Morgan fingerprint density at radius 2 is 2.08 bits per heavy atom. The van der Waals surface area contributed by atoms with Crippen LogP contribution in [0.3, 0.4) is 0 Å². The Morgan fingerprint density at radius 1 is 1.24 bits per heavy atom. The molecular formula is C19H21FN2O2S. The fourth-order valence-electron chi connectivity index (χ4n) is 3.62. The first-order chi connectivity index (χ1) is 12.2. The number of rotatable bonds is 5. The molecule has 1 saturated heterocycles. The van der Waals surface area contributed by atoms with Crippen LogP contribution in [0.2, 0.25) is 0 Å². The summed E-state index contributed by atoms with van der Waals surface area (Å²) < 4.78 is 20.5. The van der Waals surface area contributed by atoms with Gasteiger partial charge in [-0.2, -0.15) is 4.98 Å². The number of benzene rings is 1. The molecule has 132 valence electrons. The standard InChI is InChI=1S/C19H21FN2O2S/c20-14-8-6-13(7-9-14)12-25-18-16-4-1-5-17(16)22(19(23)21-18)11-15-3-2-10-24-15/h6-9,15H,1-5,10-12H2/t15-/m0/s1. The molecule has 1 aromatic heterocycles. The van der Waals surface area contributed by atoms with Gasteiger partial charge in [0.2, 0.25) is 0 Å². The van der Waals surface area contributed by atoms with Gasteiger partial charge in [-0.1, -0.05) is 12.1 Å². The Balaban J connectivity index is 1.56. The average Bonchev–Trinajstić information content (AvgIpc) is 3.29. The Labute approximate surface area is 150 Å². The van der Waals surface area contributed by atoms with Crippen molar-refractivity contribution in [1.82, 2.24) is 9.55 Å². The van der Waals surface area contributed by atoms with Gasteiger partial charge in [0.15, 0.2) is 0 Å². The lowest BCUT2D eigenvalue weighted by molar-refractivity contribution is 0.0950. The molecule has 2 aromatic rings. The molecule has 0 saturated carbocycles. The molecule has 1 aromatic carbocycles. The highest BCUT2D eigenvalue weighted by atomic mass is 32.2. The topological polar surface area (TPSA) is 44.1 Å². The summed E-state index contributed by atoms with van der Waals surface area (Å²) in [6.45, 7) is 1.41. The predicted octanol–water partition coefficient (Wildman–Crippen LogP) is 3.34. The van der Waals surface area contributed by atoms with E-state index < -0.39 is 0 Å². The number of hydrogen-bond donors (Lipinski definition) is 0. The molecular weight excluding hydrogens is 339 g/mol. The van der Waals surface area contributed by atoms with Gasteiger partial charge >= 0.3 is 5.69 Å². The minimum absolute atomic E-state index is 0.141. The van der Waals surface area contributed by atoms with Gasteiger partial charge in [0.1, 0.15) is 10.8 Å². The number of hydrogen-bond acceptors (Lipinski definition) is 4. The molecule has 1 fully saturated rings. The molecule has 0 unspecified atom stereocenters. The highest BCUT2D eigenvalue weighted by Crippen LogP contribution is 2.31. The fraction of sp³-hybridized carbons (Fsp3) is 0.474. The van der Waals surface area contributed by atoms with Gasteiger partial charge < -0.3 is 4.74 Å². The van der Waals surface area contributed by atoms with Crippen LogP contribution in [0.1, 0.15) is 36.1 Å². The average molecular weight is 360 g/mol. The molecule has 0 amide bonds. The van der Waals surface area contributed by atoms with E-state index in [0.29, 0.717) is 12.3 Å². The van der Waals surface area contributed by atoms with Crippen molar-refractivity contribution < 1.29 is 9.13 Å². The number of thioether (sulfide) groups is 1. The molecule has 4 rings (SSSR count). The quantitative estimate of drug-likeness (QED) is 0.606. The maximum absolute atomic E-state index is 13.0. The van der Waals surface area contributed by atoms with Crippen molar-refractivity contribution >= 4 is 11.8 Å². The van der Waals surface area contributed by atoms with E-state index >= 15 is 0 Å². The van der Waals surface area contributed by atoms with Crippen LogP contribution in [0.25, 0.3) is 0 Å². The van der Waals surface area contributed by atoms with E-state index in [2.05, 4.69) is 4.98 Å². The van der Waals surface area contributed by atoms with E-state index in [9.17, 15) is 9.18 Å². The van der Waals surface area contributed by atoms with Crippen LogP contribution in [0.15, 0.2) is 34.1 Å². The summed E-state index contributed by atoms with van der Waals surface area (Å²) in [4.78, 5) is 16.9. The van der Waals surface area contributed by atoms with Crippen molar-refractivity contribution in [3.05, 3.63) is 57.4 Å². The van der Waals surface area contributed by atoms with Crippen LogP contribution in [-0.4, -0.2) is 22.3 Å². The monoisotopic (exact) mass is 360 g/mol. The zero-order valence-corrected chi connectivity index (χ0v) is 14.9. The zero-order chi connectivity index (χ0) is 17.2. The van der Waals surface area contributed by atoms with Crippen LogP contribution in [-0.2, 0) is 29.9 Å². The summed E-state index contributed by atoms with van der Waals surface area (Å²) in [7, 11) is 0. The molecule has 25 heavy (non-hydrogen) atoms. The Hall–Kier alpha value is -1.66. The normalized spacial score (nSPS) is 19.3. The second-order valence-electron chi connectivity index (χ2n) is 6.64. The van der Waals surface area contributed by atoms with Crippen molar-refractivity contribution in [1.29, 1.82) is 0 Å². The molecule has 0 spiro atoms. The summed E-state index contributed by atoms with van der Waals surface area (Å²) in [5.74, 6) is 0.457. The van der Waals surface area contributed by atoms with Crippen molar-refractivity contribution in [3.63, 3.8) is 0 Å². The first kappa shape index (κ1) is 16.8. The molecule has 2 aliphatic rings. The smallest absolute Gasteiger partial charge is 0.348 e. The van der Waals surface area contributed by atoms with Crippen LogP contribution in [0.5, 0.6) is 0 Å². The lowest BCUT2D eigenvalue weighted by atomic mass is 10.2. The van der Waals surface area contributed by atoms with Crippen molar-refractivity contribution in [2.24, 2.45) is 0 Å². The Morgan fingerprint density at radius 3 is 2.84 bits per heavy atom.